The molecule has 1 aromatic rings. The van der Waals surface area contributed by atoms with Gasteiger partial charge in [0.15, 0.2) is 6.10 Å². The molecule has 0 radical (unpaired) electrons. The number of benzene rings is 1. The minimum atomic E-state index is -0.907. The van der Waals surface area contributed by atoms with E-state index in [0.29, 0.717) is 12.3 Å². The maximum atomic E-state index is 12.7. The molecule has 0 saturated heterocycles. The summed E-state index contributed by atoms with van der Waals surface area (Å²) in [5.41, 5.74) is 1.40. The van der Waals surface area contributed by atoms with Crippen molar-refractivity contribution in [3.8, 4) is 0 Å². The second-order valence-electron chi connectivity index (χ2n) is 9.66. The zero-order chi connectivity index (χ0) is 23.4. The topological polar surface area (TPSA) is 65.1 Å². The second-order valence-corrected chi connectivity index (χ2v) is 9.66. The molecule has 2 rings (SSSR count). The van der Waals surface area contributed by atoms with Crippen LogP contribution < -0.4 is 0 Å². The first-order chi connectivity index (χ1) is 14.5. The maximum absolute atomic E-state index is 12.7. The molecule has 174 valence electrons. The molecule has 6 heteroatoms. The molecule has 31 heavy (non-hydrogen) atoms. The summed E-state index contributed by atoms with van der Waals surface area (Å²) in [5, 5.41) is 1.88. The average molecular weight is 434 g/mol. The van der Waals surface area contributed by atoms with Gasteiger partial charge in [0.25, 0.3) is 0 Å². The highest BCUT2D eigenvalue weighted by molar-refractivity contribution is 5.77. The van der Waals surface area contributed by atoms with Gasteiger partial charge in [-0.3, -0.25) is 9.63 Å². The lowest BCUT2D eigenvalue weighted by Gasteiger charge is -2.41. The van der Waals surface area contributed by atoms with E-state index in [4.69, 9.17) is 14.3 Å². The van der Waals surface area contributed by atoms with Crippen LogP contribution in [-0.2, 0) is 35.0 Å². The van der Waals surface area contributed by atoms with Gasteiger partial charge in [-0.1, -0.05) is 51.0 Å². The number of nitrogens with zero attached hydrogens (tertiary/aromatic N) is 1. The quantitative estimate of drug-likeness (QED) is 0.487. The Kier molecular flexibility index (Phi) is 8.28. The maximum Gasteiger partial charge on any atom is 0.337 e. The number of rotatable bonds is 10. The van der Waals surface area contributed by atoms with Gasteiger partial charge in [-0.25, -0.2) is 4.79 Å². The summed E-state index contributed by atoms with van der Waals surface area (Å²) in [4.78, 5) is 31.6. The lowest BCUT2D eigenvalue weighted by atomic mass is 9.89. The van der Waals surface area contributed by atoms with Gasteiger partial charge in [0.2, 0.25) is 0 Å². The van der Waals surface area contributed by atoms with Crippen molar-refractivity contribution in [3.63, 3.8) is 0 Å². The first-order valence-electron chi connectivity index (χ1n) is 11.2. The van der Waals surface area contributed by atoms with Crippen molar-refractivity contribution >= 4 is 11.9 Å². The average Bonchev–Trinajstić information content (AvgIpc) is 2.88. The fourth-order valence-corrected chi connectivity index (χ4v) is 4.98. The normalized spacial score (nSPS) is 19.9. The monoisotopic (exact) mass is 433 g/mol. The standard InChI is InChI=1S/C25H39NO5/c1-9-12-17(2)15-18(22(27)29-7)16-21(23(28)30-8)31-26-24(3,4)19-13-10-11-14-20(19)25(26,5)6/h10-11,13-14,17-18,21H,9,12,15-16H2,1-8H3. The number of carbonyl (C=O) groups excluding carboxylic acids is 2. The Morgan fingerprint density at radius 2 is 1.45 bits per heavy atom. The first kappa shape index (κ1) is 25.3. The number of hydroxylamine groups is 2. The SMILES string of the molecule is CCCC(C)CC(CC(ON1C(C)(C)c2ccccc2C1(C)C)C(=O)OC)C(=O)OC. The van der Waals surface area contributed by atoms with E-state index < -0.39 is 29.1 Å². The summed E-state index contributed by atoms with van der Waals surface area (Å²) in [5.74, 6) is -0.897. The number of hydrogen-bond acceptors (Lipinski definition) is 6. The summed E-state index contributed by atoms with van der Waals surface area (Å²) < 4.78 is 10.1. The fourth-order valence-electron chi connectivity index (χ4n) is 4.98. The van der Waals surface area contributed by atoms with E-state index in [-0.39, 0.29) is 12.4 Å². The van der Waals surface area contributed by atoms with Crippen molar-refractivity contribution in [2.45, 2.75) is 84.4 Å². The van der Waals surface area contributed by atoms with Crippen LogP contribution in [0.5, 0.6) is 0 Å². The summed E-state index contributed by atoms with van der Waals surface area (Å²) in [6.07, 6.45) is 2.01. The van der Waals surface area contributed by atoms with Crippen LogP contribution in [0.2, 0.25) is 0 Å². The molecule has 0 fully saturated rings. The van der Waals surface area contributed by atoms with E-state index in [1.807, 2.05) is 17.2 Å². The Hall–Kier alpha value is -1.92. The Labute approximate surface area is 187 Å². The largest absolute Gasteiger partial charge is 0.469 e. The number of ether oxygens (including phenoxy) is 2. The van der Waals surface area contributed by atoms with Crippen molar-refractivity contribution < 1.29 is 23.9 Å². The number of hydrogen-bond donors (Lipinski definition) is 0. The van der Waals surface area contributed by atoms with Crippen LogP contribution in [-0.4, -0.2) is 37.3 Å². The second kappa shape index (κ2) is 10.1. The van der Waals surface area contributed by atoms with Gasteiger partial charge >= 0.3 is 11.9 Å². The lowest BCUT2D eigenvalue weighted by Crippen LogP contribution is -2.49. The van der Waals surface area contributed by atoms with Gasteiger partial charge in [-0.2, -0.15) is 5.06 Å². The van der Waals surface area contributed by atoms with E-state index in [1.54, 1.807) is 0 Å². The molecular weight excluding hydrogens is 394 g/mol. The number of carbonyl (C=O) groups is 2. The molecule has 1 heterocycles. The van der Waals surface area contributed by atoms with Crippen LogP contribution >= 0.6 is 0 Å². The summed E-state index contributed by atoms with van der Waals surface area (Å²) in [7, 11) is 2.73. The van der Waals surface area contributed by atoms with E-state index in [0.717, 1.165) is 24.0 Å². The molecule has 0 saturated carbocycles. The molecule has 0 aromatic heterocycles. The fraction of sp³-hybridized carbons (Fsp3) is 0.680. The van der Waals surface area contributed by atoms with Crippen LogP contribution in [0.25, 0.3) is 0 Å². The van der Waals surface area contributed by atoms with Crippen molar-refractivity contribution in [1.82, 2.24) is 5.06 Å². The highest BCUT2D eigenvalue weighted by Crippen LogP contribution is 2.49. The van der Waals surface area contributed by atoms with E-state index in [2.05, 4.69) is 53.7 Å². The predicted octanol–water partition coefficient (Wildman–Crippen LogP) is 4.95. The molecule has 1 aromatic carbocycles. The van der Waals surface area contributed by atoms with Gasteiger partial charge in [0.1, 0.15) is 0 Å². The summed E-state index contributed by atoms with van der Waals surface area (Å²) >= 11 is 0. The molecule has 0 bridgehead atoms. The van der Waals surface area contributed by atoms with E-state index in [9.17, 15) is 9.59 Å². The lowest BCUT2D eigenvalue weighted by molar-refractivity contribution is -0.288. The Bertz CT molecular complexity index is 738. The predicted molar refractivity (Wildman–Crippen MR) is 120 cm³/mol. The Morgan fingerprint density at radius 1 is 0.935 bits per heavy atom. The minimum absolute atomic E-state index is 0.215. The molecule has 0 amide bonds. The highest BCUT2D eigenvalue weighted by atomic mass is 16.7. The molecule has 3 atom stereocenters. The molecule has 1 aliphatic rings. The third-order valence-electron chi connectivity index (χ3n) is 6.46. The molecule has 0 spiro atoms. The van der Waals surface area contributed by atoms with Crippen LogP contribution in [0.3, 0.4) is 0 Å². The van der Waals surface area contributed by atoms with Crippen LogP contribution in [0.15, 0.2) is 24.3 Å². The molecule has 0 aliphatic carbocycles. The van der Waals surface area contributed by atoms with Crippen molar-refractivity contribution in [3.05, 3.63) is 35.4 Å². The molecule has 3 unspecified atom stereocenters. The number of fused-ring (bicyclic) bond motifs is 1. The van der Waals surface area contributed by atoms with E-state index >= 15 is 0 Å². The minimum Gasteiger partial charge on any atom is -0.469 e. The van der Waals surface area contributed by atoms with Crippen LogP contribution in [0.4, 0.5) is 0 Å². The van der Waals surface area contributed by atoms with E-state index in [1.165, 1.54) is 14.2 Å². The first-order valence-corrected chi connectivity index (χ1v) is 11.2. The van der Waals surface area contributed by atoms with Crippen LogP contribution in [0.1, 0.15) is 78.4 Å². The van der Waals surface area contributed by atoms with Gasteiger partial charge < -0.3 is 9.47 Å². The highest BCUT2D eigenvalue weighted by Gasteiger charge is 2.51. The molecule has 1 aliphatic heterocycles. The number of esters is 2. The molecular formula is C25H39NO5. The zero-order valence-corrected chi connectivity index (χ0v) is 20.4. The Balaban J connectivity index is 2.32. The van der Waals surface area contributed by atoms with Gasteiger partial charge in [-0.05, 0) is 57.6 Å². The van der Waals surface area contributed by atoms with Crippen molar-refractivity contribution in [1.29, 1.82) is 0 Å². The molecule has 6 nitrogen and oxygen atoms in total. The molecule has 0 N–H and O–H groups in total. The Morgan fingerprint density at radius 3 is 1.90 bits per heavy atom. The van der Waals surface area contributed by atoms with Gasteiger partial charge in [0, 0.05) is 0 Å². The van der Waals surface area contributed by atoms with Crippen LogP contribution in [0, 0.1) is 11.8 Å². The van der Waals surface area contributed by atoms with Gasteiger partial charge in [0.05, 0.1) is 31.2 Å². The zero-order valence-electron chi connectivity index (χ0n) is 20.4. The summed E-state index contributed by atoms with van der Waals surface area (Å²) in [6.45, 7) is 12.6. The third kappa shape index (κ3) is 5.29. The smallest absolute Gasteiger partial charge is 0.337 e. The number of methoxy groups -OCH3 is 2. The summed E-state index contributed by atoms with van der Waals surface area (Å²) in [6, 6.07) is 8.22. The van der Waals surface area contributed by atoms with Crippen molar-refractivity contribution in [2.75, 3.05) is 14.2 Å². The van der Waals surface area contributed by atoms with Gasteiger partial charge in [-0.15, -0.1) is 0 Å². The van der Waals surface area contributed by atoms with Crippen molar-refractivity contribution in [2.24, 2.45) is 11.8 Å². The third-order valence-corrected chi connectivity index (χ3v) is 6.46.